The van der Waals surface area contributed by atoms with Gasteiger partial charge in [-0.1, -0.05) is 12.1 Å². The Hall–Kier alpha value is -2.04. The smallest absolute Gasteiger partial charge is 0.339 e. The molecule has 0 aromatic heterocycles. The van der Waals surface area contributed by atoms with Crippen LogP contribution in [0.25, 0.3) is 0 Å². The van der Waals surface area contributed by atoms with Gasteiger partial charge in [0.2, 0.25) is 0 Å². The molecule has 0 aliphatic carbocycles. The summed E-state index contributed by atoms with van der Waals surface area (Å²) in [6.45, 7) is -0.250. The van der Waals surface area contributed by atoms with Crippen LogP contribution in [-0.2, 0) is 4.79 Å². The van der Waals surface area contributed by atoms with E-state index in [2.05, 4.69) is 0 Å². The van der Waals surface area contributed by atoms with Crippen LogP contribution >= 0.6 is 0 Å². The normalized spacial score (nSPS) is 8.00. The van der Waals surface area contributed by atoms with Crippen LogP contribution in [0.15, 0.2) is 24.3 Å². The zero-order valence-corrected chi connectivity index (χ0v) is 6.54. The highest BCUT2D eigenvalue weighted by atomic mass is 16.4. The monoisotopic (exact) mass is 184 g/mol. The van der Waals surface area contributed by atoms with E-state index in [9.17, 15) is 4.79 Å². The number of phenols is 1. The van der Waals surface area contributed by atoms with Crippen LogP contribution in [0.4, 0.5) is 0 Å². The number of hydrogen-bond donors (Lipinski definition) is 3. The minimum Gasteiger partial charge on any atom is -0.507 e. The van der Waals surface area contributed by atoms with Gasteiger partial charge in [0.1, 0.15) is 11.3 Å². The standard InChI is InChI=1S/C7H6O3.CH2O2/c8-6-4-2-1-3-5(6)7(9)10;2-1-3/h1-4,8H,(H,9,10);1H,(H,2,3). The van der Waals surface area contributed by atoms with Gasteiger partial charge in [0.15, 0.2) is 0 Å². The maximum Gasteiger partial charge on any atom is 0.339 e. The second-order valence-electron chi connectivity index (χ2n) is 1.93. The molecule has 0 radical (unpaired) electrons. The molecule has 0 unspecified atom stereocenters. The number of aromatic carboxylic acids is 1. The minimum absolute atomic E-state index is 0.0671. The summed E-state index contributed by atoms with van der Waals surface area (Å²) in [5.74, 6) is -1.31. The third-order valence-electron chi connectivity index (χ3n) is 1.13. The molecule has 70 valence electrons. The molecule has 1 rings (SSSR count). The first-order valence-corrected chi connectivity index (χ1v) is 3.22. The van der Waals surface area contributed by atoms with Gasteiger partial charge in [-0.2, -0.15) is 0 Å². The number of hydrogen-bond acceptors (Lipinski definition) is 3. The van der Waals surface area contributed by atoms with Crippen LogP contribution in [0.5, 0.6) is 5.75 Å². The molecule has 5 nitrogen and oxygen atoms in total. The summed E-state index contributed by atoms with van der Waals surface area (Å²) < 4.78 is 0. The molecule has 0 saturated heterocycles. The van der Waals surface area contributed by atoms with Gasteiger partial charge in [-0.05, 0) is 12.1 Å². The maximum atomic E-state index is 10.3. The number of para-hydroxylation sites is 1. The van der Waals surface area contributed by atoms with Crippen LogP contribution < -0.4 is 0 Å². The molecule has 0 spiro atoms. The van der Waals surface area contributed by atoms with E-state index in [1.165, 1.54) is 12.1 Å². The van der Waals surface area contributed by atoms with Crippen LogP contribution in [0.3, 0.4) is 0 Å². The van der Waals surface area contributed by atoms with Crippen molar-refractivity contribution in [1.29, 1.82) is 0 Å². The van der Waals surface area contributed by atoms with Gasteiger partial charge >= 0.3 is 5.97 Å². The molecule has 0 heterocycles. The van der Waals surface area contributed by atoms with Crippen LogP contribution in [-0.4, -0.2) is 27.8 Å². The molecule has 0 atom stereocenters. The van der Waals surface area contributed by atoms with Crippen molar-refractivity contribution in [3.63, 3.8) is 0 Å². The fraction of sp³-hybridized carbons (Fsp3) is 0. The van der Waals surface area contributed by atoms with E-state index < -0.39 is 5.97 Å². The summed E-state index contributed by atoms with van der Waals surface area (Å²) in [4.78, 5) is 18.6. The molecular formula is C8H8O5. The minimum atomic E-state index is -1.11. The fourth-order valence-corrected chi connectivity index (χ4v) is 0.654. The summed E-state index contributed by atoms with van der Waals surface area (Å²) in [6.07, 6.45) is 0. The number of carbonyl (C=O) groups is 2. The van der Waals surface area contributed by atoms with E-state index >= 15 is 0 Å². The Bertz CT molecular complexity index is 294. The lowest BCUT2D eigenvalue weighted by Gasteiger charge is -1.95. The fourth-order valence-electron chi connectivity index (χ4n) is 0.654. The molecule has 0 aliphatic heterocycles. The van der Waals surface area contributed by atoms with Crippen molar-refractivity contribution >= 4 is 12.4 Å². The second-order valence-corrected chi connectivity index (χ2v) is 1.93. The Morgan fingerprint density at radius 2 is 1.77 bits per heavy atom. The average Bonchev–Trinajstić information content (AvgIpc) is 2.06. The van der Waals surface area contributed by atoms with Gasteiger partial charge in [-0.15, -0.1) is 0 Å². The molecule has 5 heteroatoms. The van der Waals surface area contributed by atoms with Gasteiger partial charge in [-0.3, -0.25) is 4.79 Å². The topological polar surface area (TPSA) is 94.8 Å². The molecule has 1 aromatic rings. The first kappa shape index (κ1) is 11.0. The summed E-state index contributed by atoms with van der Waals surface area (Å²) in [7, 11) is 0. The van der Waals surface area contributed by atoms with Crippen molar-refractivity contribution in [1.82, 2.24) is 0 Å². The van der Waals surface area contributed by atoms with Gasteiger partial charge < -0.3 is 15.3 Å². The molecule has 3 N–H and O–H groups in total. The quantitative estimate of drug-likeness (QED) is 0.561. The van der Waals surface area contributed by atoms with E-state index in [0.717, 1.165) is 0 Å². The number of benzene rings is 1. The highest BCUT2D eigenvalue weighted by molar-refractivity contribution is 5.90. The number of carboxylic acids is 1. The van der Waals surface area contributed by atoms with Crippen LogP contribution in [0, 0.1) is 0 Å². The van der Waals surface area contributed by atoms with E-state index in [1.807, 2.05) is 0 Å². The van der Waals surface area contributed by atoms with Crippen molar-refractivity contribution in [3.05, 3.63) is 29.8 Å². The average molecular weight is 184 g/mol. The Balaban J connectivity index is 0.000000424. The highest BCUT2D eigenvalue weighted by Gasteiger charge is 2.05. The molecule has 13 heavy (non-hydrogen) atoms. The van der Waals surface area contributed by atoms with Crippen LogP contribution in [0.1, 0.15) is 10.4 Å². The first-order valence-electron chi connectivity index (χ1n) is 3.22. The lowest BCUT2D eigenvalue weighted by Crippen LogP contribution is -1.95. The largest absolute Gasteiger partial charge is 0.507 e. The Morgan fingerprint density at radius 3 is 2.08 bits per heavy atom. The third-order valence-corrected chi connectivity index (χ3v) is 1.13. The second kappa shape index (κ2) is 5.59. The maximum absolute atomic E-state index is 10.3. The molecule has 0 bridgehead atoms. The zero-order chi connectivity index (χ0) is 10.3. The lowest BCUT2D eigenvalue weighted by atomic mass is 10.2. The zero-order valence-electron chi connectivity index (χ0n) is 6.54. The molecule has 0 aliphatic rings. The lowest BCUT2D eigenvalue weighted by molar-refractivity contribution is -0.122. The molecule has 1 aromatic carbocycles. The molecule has 0 amide bonds. The summed E-state index contributed by atoms with van der Waals surface area (Å²) in [6, 6.07) is 5.81. The predicted octanol–water partition coefficient (Wildman–Crippen LogP) is 0.791. The summed E-state index contributed by atoms with van der Waals surface area (Å²) >= 11 is 0. The van der Waals surface area contributed by atoms with Crippen molar-refractivity contribution in [3.8, 4) is 5.75 Å². The molecule has 0 fully saturated rings. The van der Waals surface area contributed by atoms with E-state index in [4.69, 9.17) is 20.1 Å². The van der Waals surface area contributed by atoms with Crippen LogP contribution in [0.2, 0.25) is 0 Å². The van der Waals surface area contributed by atoms with Gasteiger partial charge in [0, 0.05) is 0 Å². The summed E-state index contributed by atoms with van der Waals surface area (Å²) in [5, 5.41) is 24.2. The van der Waals surface area contributed by atoms with Gasteiger partial charge in [-0.25, -0.2) is 4.79 Å². The molecule has 0 saturated carbocycles. The summed E-state index contributed by atoms with van der Waals surface area (Å²) in [5.41, 5.74) is -0.0671. The highest BCUT2D eigenvalue weighted by Crippen LogP contribution is 2.14. The van der Waals surface area contributed by atoms with E-state index in [-0.39, 0.29) is 17.8 Å². The third kappa shape index (κ3) is 3.76. The Labute approximate surface area is 73.9 Å². The molecular weight excluding hydrogens is 176 g/mol. The van der Waals surface area contributed by atoms with Gasteiger partial charge in [0.05, 0.1) is 0 Å². The van der Waals surface area contributed by atoms with Crippen molar-refractivity contribution in [2.24, 2.45) is 0 Å². The Kier molecular flexibility index (Phi) is 4.71. The van der Waals surface area contributed by atoms with Crippen molar-refractivity contribution < 1.29 is 24.9 Å². The van der Waals surface area contributed by atoms with Gasteiger partial charge in [0.25, 0.3) is 6.47 Å². The predicted molar refractivity (Wildman–Crippen MR) is 43.8 cm³/mol. The number of carboxylic acid groups (broad SMARTS) is 2. The van der Waals surface area contributed by atoms with Crippen molar-refractivity contribution in [2.45, 2.75) is 0 Å². The SMILES string of the molecule is O=C(O)c1ccccc1O.O=CO. The first-order chi connectivity index (χ1) is 6.13. The number of rotatable bonds is 1. The van der Waals surface area contributed by atoms with Crippen molar-refractivity contribution in [2.75, 3.05) is 0 Å². The number of aromatic hydroxyl groups is 1. The van der Waals surface area contributed by atoms with E-state index in [0.29, 0.717) is 0 Å². The van der Waals surface area contributed by atoms with E-state index in [1.54, 1.807) is 12.1 Å². The Morgan fingerprint density at radius 1 is 1.31 bits per heavy atom.